The fourth-order valence-electron chi connectivity index (χ4n) is 4.94. The second kappa shape index (κ2) is 11.6. The van der Waals surface area contributed by atoms with Crippen LogP contribution in [0, 0.1) is 0 Å². The zero-order chi connectivity index (χ0) is 31.1. The lowest BCUT2D eigenvalue weighted by Crippen LogP contribution is -2.44. The Morgan fingerprint density at radius 2 is 1.86 bits per heavy atom. The van der Waals surface area contributed by atoms with Gasteiger partial charge >= 0.3 is 18.1 Å². The van der Waals surface area contributed by atoms with Gasteiger partial charge in [-0.25, -0.2) is 8.42 Å². The molecule has 1 saturated heterocycles. The van der Waals surface area contributed by atoms with Crippen LogP contribution in [0.25, 0.3) is 22.8 Å². The zero-order valence-corrected chi connectivity index (χ0v) is 24.0. The van der Waals surface area contributed by atoms with Gasteiger partial charge in [0.05, 0.1) is 48.7 Å². The van der Waals surface area contributed by atoms with E-state index < -0.39 is 27.8 Å². The molecular formula is C27H25F3N6O7S. The SMILES string of the molecule is COCC1CN(c2nnc(-c3ccc4c(c3)N(Cc3ccc(-c5noc(C(F)(F)F)n5)cc3)C(=O)CCS4(=O)=O)o2)CCO1. The number of alkyl halides is 3. The molecule has 44 heavy (non-hydrogen) atoms. The number of aromatic nitrogens is 4. The van der Waals surface area contributed by atoms with Gasteiger partial charge in [0.25, 0.3) is 0 Å². The number of nitrogens with zero attached hydrogens (tertiary/aromatic N) is 6. The second-order valence-corrected chi connectivity index (χ2v) is 12.2. The van der Waals surface area contributed by atoms with Crippen molar-refractivity contribution in [1.82, 2.24) is 20.3 Å². The quantitative estimate of drug-likeness (QED) is 0.293. The summed E-state index contributed by atoms with van der Waals surface area (Å²) >= 11 is 0. The van der Waals surface area contributed by atoms with Gasteiger partial charge in [0.15, 0.2) is 9.84 Å². The molecule has 0 saturated carbocycles. The Morgan fingerprint density at radius 1 is 1.09 bits per heavy atom. The predicted octanol–water partition coefficient (Wildman–Crippen LogP) is 3.37. The summed E-state index contributed by atoms with van der Waals surface area (Å²) in [6.07, 6.45) is -5.18. The summed E-state index contributed by atoms with van der Waals surface area (Å²) < 4.78 is 85.8. The van der Waals surface area contributed by atoms with E-state index in [1.165, 1.54) is 29.2 Å². The summed E-state index contributed by atoms with van der Waals surface area (Å²) in [5.41, 5.74) is 1.40. The van der Waals surface area contributed by atoms with Crippen molar-refractivity contribution >= 4 is 27.4 Å². The zero-order valence-electron chi connectivity index (χ0n) is 23.2. The van der Waals surface area contributed by atoms with Crippen LogP contribution in [0.4, 0.5) is 24.9 Å². The second-order valence-electron chi connectivity index (χ2n) is 10.1. The van der Waals surface area contributed by atoms with Crippen LogP contribution in [0.5, 0.6) is 0 Å². The molecule has 13 nitrogen and oxygen atoms in total. The van der Waals surface area contributed by atoms with Crippen molar-refractivity contribution in [2.24, 2.45) is 0 Å². The van der Waals surface area contributed by atoms with Gasteiger partial charge in [-0.05, 0) is 23.8 Å². The number of ether oxygens (including phenoxy) is 2. The topological polar surface area (TPSA) is 154 Å². The molecule has 0 radical (unpaired) electrons. The highest BCUT2D eigenvalue weighted by Crippen LogP contribution is 2.36. The van der Waals surface area contributed by atoms with E-state index in [1.54, 1.807) is 25.3 Å². The van der Waals surface area contributed by atoms with E-state index >= 15 is 0 Å². The third kappa shape index (κ3) is 6.02. The van der Waals surface area contributed by atoms with Crippen molar-refractivity contribution < 1.29 is 44.8 Å². The smallest absolute Gasteiger partial charge is 0.403 e. The van der Waals surface area contributed by atoms with E-state index in [0.717, 1.165) is 0 Å². The van der Waals surface area contributed by atoms with Gasteiger partial charge in [0.2, 0.25) is 17.6 Å². The maximum absolute atomic E-state index is 13.2. The lowest BCUT2D eigenvalue weighted by atomic mass is 10.1. The van der Waals surface area contributed by atoms with Crippen LogP contribution in [0.15, 0.2) is 56.3 Å². The highest BCUT2D eigenvalue weighted by atomic mass is 32.2. The minimum absolute atomic E-state index is 0.0190. The van der Waals surface area contributed by atoms with Gasteiger partial charge in [-0.3, -0.25) is 4.79 Å². The summed E-state index contributed by atoms with van der Waals surface area (Å²) in [6.45, 7) is 1.84. The number of methoxy groups -OCH3 is 1. The summed E-state index contributed by atoms with van der Waals surface area (Å²) in [4.78, 5) is 19.8. The molecule has 0 aliphatic carbocycles. The monoisotopic (exact) mass is 634 g/mol. The van der Waals surface area contributed by atoms with Crippen LogP contribution >= 0.6 is 0 Å². The van der Waals surface area contributed by atoms with Gasteiger partial charge in [-0.1, -0.05) is 34.5 Å². The van der Waals surface area contributed by atoms with Crippen LogP contribution in [0.3, 0.4) is 0 Å². The Balaban J connectivity index is 1.28. The normalized spacial score (nSPS) is 18.7. The third-order valence-corrected chi connectivity index (χ3v) is 8.87. The largest absolute Gasteiger partial charge is 0.471 e. The number of hydrogen-bond acceptors (Lipinski definition) is 12. The summed E-state index contributed by atoms with van der Waals surface area (Å²) in [5.74, 6) is -2.37. The number of halogens is 3. The minimum atomic E-state index is -4.77. The molecule has 0 N–H and O–H groups in total. The maximum Gasteiger partial charge on any atom is 0.471 e. The van der Waals surface area contributed by atoms with Crippen molar-refractivity contribution in [3.8, 4) is 22.8 Å². The molecule has 0 bridgehead atoms. The van der Waals surface area contributed by atoms with Crippen molar-refractivity contribution in [3.05, 3.63) is 53.9 Å². The third-order valence-electron chi connectivity index (χ3n) is 7.11. The van der Waals surface area contributed by atoms with Crippen molar-refractivity contribution in [1.29, 1.82) is 0 Å². The molecule has 232 valence electrons. The standard InChI is InChI=1S/C27H25F3N6O7S/c1-40-15-19-14-35(9-10-41-19)26-33-32-24(42-26)18-6-7-21-20(12-18)36(22(37)8-11-44(21,38)39)13-16-2-4-17(5-3-16)23-31-25(43-34-23)27(28,29)30/h2-7,12,19H,8-11,13-15H2,1H3. The average Bonchev–Trinajstić information content (AvgIpc) is 3.69. The van der Waals surface area contributed by atoms with E-state index in [4.69, 9.17) is 13.9 Å². The molecule has 1 unspecified atom stereocenters. The Hall–Kier alpha value is -4.35. The first kappa shape index (κ1) is 29.7. The lowest BCUT2D eigenvalue weighted by Gasteiger charge is -2.31. The first-order chi connectivity index (χ1) is 21.0. The van der Waals surface area contributed by atoms with Crippen molar-refractivity contribution in [2.75, 3.05) is 49.0 Å². The number of hydrogen-bond donors (Lipinski definition) is 0. The molecule has 2 aliphatic heterocycles. The molecule has 1 amide bonds. The molecule has 2 aromatic heterocycles. The maximum atomic E-state index is 13.2. The molecule has 2 aromatic carbocycles. The van der Waals surface area contributed by atoms with Crippen LogP contribution in [-0.2, 0) is 36.8 Å². The number of benzene rings is 2. The van der Waals surface area contributed by atoms with Gasteiger partial charge < -0.3 is 28.2 Å². The van der Waals surface area contributed by atoms with Gasteiger partial charge in [-0.2, -0.15) is 18.2 Å². The number of rotatable bonds is 7. The molecule has 6 rings (SSSR count). The predicted molar refractivity (Wildman–Crippen MR) is 146 cm³/mol. The average molecular weight is 635 g/mol. The molecule has 1 fully saturated rings. The molecule has 17 heteroatoms. The first-order valence-electron chi connectivity index (χ1n) is 13.4. The molecule has 1 atom stereocenters. The molecular weight excluding hydrogens is 609 g/mol. The molecule has 2 aliphatic rings. The number of sulfone groups is 1. The molecule has 4 heterocycles. The van der Waals surface area contributed by atoms with E-state index in [-0.39, 0.29) is 58.7 Å². The van der Waals surface area contributed by atoms with E-state index in [9.17, 15) is 26.4 Å². The highest BCUT2D eigenvalue weighted by molar-refractivity contribution is 7.91. The van der Waals surface area contributed by atoms with Crippen molar-refractivity contribution in [2.45, 2.75) is 30.1 Å². The van der Waals surface area contributed by atoms with Gasteiger partial charge in [0, 0.05) is 31.2 Å². The van der Waals surface area contributed by atoms with E-state index in [1.807, 2.05) is 4.90 Å². The summed E-state index contributed by atoms with van der Waals surface area (Å²) in [6, 6.07) is 10.9. The van der Waals surface area contributed by atoms with E-state index in [0.29, 0.717) is 37.4 Å². The number of anilines is 2. The number of amides is 1. The lowest BCUT2D eigenvalue weighted by molar-refractivity contribution is -0.159. The Bertz CT molecular complexity index is 1770. The van der Waals surface area contributed by atoms with E-state index in [2.05, 4.69) is 24.9 Å². The number of fused-ring (bicyclic) bond motifs is 1. The summed E-state index contributed by atoms with van der Waals surface area (Å²) in [7, 11) is -2.21. The molecule has 4 aromatic rings. The van der Waals surface area contributed by atoms with Crippen molar-refractivity contribution in [3.63, 3.8) is 0 Å². The number of carbonyl (C=O) groups is 1. The van der Waals surface area contributed by atoms with Crippen LogP contribution in [0.2, 0.25) is 0 Å². The number of carbonyl (C=O) groups excluding carboxylic acids is 1. The van der Waals surface area contributed by atoms with Gasteiger partial charge in [-0.15, -0.1) is 5.10 Å². The number of morpholine rings is 1. The Morgan fingerprint density at radius 3 is 2.59 bits per heavy atom. The Labute approximate surface area is 248 Å². The fourth-order valence-corrected chi connectivity index (χ4v) is 6.36. The molecule has 0 spiro atoms. The minimum Gasteiger partial charge on any atom is -0.403 e. The van der Waals surface area contributed by atoms with Crippen LogP contribution in [0.1, 0.15) is 17.9 Å². The summed E-state index contributed by atoms with van der Waals surface area (Å²) in [5, 5.41) is 11.7. The first-order valence-corrected chi connectivity index (χ1v) is 15.0. The Kier molecular flexibility index (Phi) is 7.85. The highest BCUT2D eigenvalue weighted by Gasteiger charge is 2.38. The van der Waals surface area contributed by atoms with Gasteiger partial charge in [0.1, 0.15) is 0 Å². The van der Waals surface area contributed by atoms with Crippen LogP contribution in [-0.4, -0.2) is 79.9 Å². The fraction of sp³-hybridized carbons (Fsp3) is 0.370. The van der Waals surface area contributed by atoms with Crippen LogP contribution < -0.4 is 9.80 Å².